The molecule has 0 aliphatic heterocycles. The van der Waals surface area contributed by atoms with Crippen molar-refractivity contribution >= 4 is 20.4 Å². The Hall–Kier alpha value is -1.91. The topological polar surface area (TPSA) is 35.5 Å². The van der Waals surface area contributed by atoms with Crippen LogP contribution in [0.2, 0.25) is 18.1 Å². The molecule has 0 bridgehead atoms. The summed E-state index contributed by atoms with van der Waals surface area (Å²) in [6.45, 7) is 12.9. The second-order valence-electron chi connectivity index (χ2n) is 8.07. The van der Waals surface area contributed by atoms with E-state index in [1.165, 1.54) is 7.11 Å². The van der Waals surface area contributed by atoms with Crippen LogP contribution < -0.4 is 0 Å². The summed E-state index contributed by atoms with van der Waals surface area (Å²) in [5, 5.41) is 0.0451. The molecule has 0 amide bonds. The van der Waals surface area contributed by atoms with Crippen molar-refractivity contribution in [1.29, 1.82) is 0 Å². The fourth-order valence-electron chi connectivity index (χ4n) is 2.27. The number of ether oxygens (including phenoxy) is 1. The van der Waals surface area contributed by atoms with Crippen LogP contribution in [0.3, 0.4) is 0 Å². The highest BCUT2D eigenvalue weighted by Gasteiger charge is 2.41. The summed E-state index contributed by atoms with van der Waals surface area (Å²) in [5.74, 6) is -0.804. The highest BCUT2D eigenvalue weighted by Crippen LogP contribution is 2.38. The van der Waals surface area contributed by atoms with Crippen LogP contribution in [0.15, 0.2) is 60.7 Å². The molecule has 0 heterocycles. The number of hydrogen-bond donors (Lipinski definition) is 0. The molecule has 0 unspecified atom stereocenters. The number of benzene rings is 1. The number of esters is 1. The lowest BCUT2D eigenvalue weighted by atomic mass is 10.00. The summed E-state index contributed by atoms with van der Waals surface area (Å²) in [7, 11) is -0.654. The summed E-state index contributed by atoms with van der Waals surface area (Å²) in [6.07, 6.45) is 11.2. The number of hydrogen-bond acceptors (Lipinski definition) is 3. The van der Waals surface area contributed by atoms with Crippen molar-refractivity contribution < 1.29 is 14.0 Å². The van der Waals surface area contributed by atoms with Crippen LogP contribution in [0.25, 0.3) is 6.08 Å². The largest absolute Gasteiger partial charge is 0.468 e. The van der Waals surface area contributed by atoms with Crippen LogP contribution in [0.1, 0.15) is 33.3 Å². The molecule has 27 heavy (non-hydrogen) atoms. The fourth-order valence-corrected chi connectivity index (χ4v) is 3.53. The number of carbonyl (C=O) groups is 1. The van der Waals surface area contributed by atoms with Crippen molar-refractivity contribution in [2.24, 2.45) is 5.92 Å². The third-order valence-electron chi connectivity index (χ3n) is 4.96. The van der Waals surface area contributed by atoms with Gasteiger partial charge >= 0.3 is 5.97 Å². The van der Waals surface area contributed by atoms with Crippen LogP contribution in [0, 0.1) is 5.92 Å². The van der Waals surface area contributed by atoms with Gasteiger partial charge in [0.2, 0.25) is 0 Å². The molecule has 0 saturated heterocycles. The molecule has 1 rings (SSSR count). The molecule has 3 nitrogen and oxygen atoms in total. The third-order valence-corrected chi connectivity index (χ3v) is 9.44. The van der Waals surface area contributed by atoms with Crippen molar-refractivity contribution in [1.82, 2.24) is 0 Å². The molecule has 1 aromatic rings. The predicted octanol–water partition coefficient (Wildman–Crippen LogP) is 6.01. The Labute approximate surface area is 165 Å². The molecular weight excluding hydrogens is 352 g/mol. The number of methoxy groups -OCH3 is 1. The zero-order chi connectivity index (χ0) is 20.5. The minimum Gasteiger partial charge on any atom is -0.468 e. The van der Waals surface area contributed by atoms with Crippen molar-refractivity contribution in [3.8, 4) is 0 Å². The van der Waals surface area contributed by atoms with Crippen molar-refractivity contribution in [2.45, 2.75) is 51.9 Å². The molecule has 0 aliphatic carbocycles. The highest BCUT2D eigenvalue weighted by molar-refractivity contribution is 6.74. The van der Waals surface area contributed by atoms with E-state index < -0.39 is 14.2 Å². The van der Waals surface area contributed by atoms with Crippen LogP contribution >= 0.6 is 0 Å². The minimum atomic E-state index is -2.07. The van der Waals surface area contributed by atoms with E-state index in [4.69, 9.17) is 9.16 Å². The first-order valence-corrected chi connectivity index (χ1v) is 12.3. The molecule has 1 aromatic carbocycles. The third kappa shape index (κ3) is 7.31. The van der Waals surface area contributed by atoms with Gasteiger partial charge in [-0.3, -0.25) is 4.79 Å². The van der Waals surface area contributed by atoms with Gasteiger partial charge in [-0.25, -0.2) is 0 Å². The molecule has 0 radical (unpaired) electrons. The van der Waals surface area contributed by atoms with Gasteiger partial charge in [-0.05, 0) is 30.6 Å². The predicted molar refractivity (Wildman–Crippen MR) is 117 cm³/mol. The molecule has 0 N–H and O–H groups in total. The Bertz CT molecular complexity index is 667. The SMILES string of the molecule is C/C=C/C=C/[C@@H](O[Si](C)(C)C(C)(C)C)[C@H](/C=C/c1ccccc1)C(=O)OC. The molecule has 0 aliphatic rings. The van der Waals surface area contributed by atoms with E-state index in [1.54, 1.807) is 0 Å². The van der Waals surface area contributed by atoms with E-state index in [0.29, 0.717) is 0 Å². The first-order valence-electron chi connectivity index (χ1n) is 9.41. The van der Waals surface area contributed by atoms with Crippen molar-refractivity contribution in [3.05, 3.63) is 66.3 Å². The van der Waals surface area contributed by atoms with Crippen LogP contribution in [0.4, 0.5) is 0 Å². The van der Waals surface area contributed by atoms with E-state index in [-0.39, 0.29) is 17.1 Å². The zero-order valence-corrected chi connectivity index (χ0v) is 18.7. The molecule has 148 valence electrons. The Balaban J connectivity index is 3.24. The van der Waals surface area contributed by atoms with Crippen LogP contribution in [-0.4, -0.2) is 27.5 Å². The van der Waals surface area contributed by atoms with Gasteiger partial charge in [0.25, 0.3) is 0 Å². The lowest BCUT2D eigenvalue weighted by Crippen LogP contribution is -2.46. The summed E-state index contributed by atoms with van der Waals surface area (Å²) in [6, 6.07) is 9.93. The Morgan fingerprint density at radius 2 is 1.70 bits per heavy atom. The Morgan fingerprint density at radius 3 is 2.22 bits per heavy atom. The zero-order valence-electron chi connectivity index (χ0n) is 17.7. The van der Waals surface area contributed by atoms with E-state index in [1.807, 2.05) is 73.7 Å². The van der Waals surface area contributed by atoms with E-state index >= 15 is 0 Å². The molecule has 2 atom stereocenters. The average molecular weight is 387 g/mol. The lowest BCUT2D eigenvalue weighted by molar-refractivity contribution is -0.145. The normalized spacial score (nSPS) is 15.5. The monoisotopic (exact) mass is 386 g/mol. The quantitative estimate of drug-likeness (QED) is 0.312. The maximum atomic E-state index is 12.6. The summed E-state index contributed by atoms with van der Waals surface area (Å²) in [5.41, 5.74) is 1.04. The Kier molecular flexibility index (Phi) is 8.93. The van der Waals surface area contributed by atoms with Crippen molar-refractivity contribution in [3.63, 3.8) is 0 Å². The summed E-state index contributed by atoms with van der Waals surface area (Å²) >= 11 is 0. The smallest absolute Gasteiger partial charge is 0.315 e. The first-order chi connectivity index (χ1) is 12.6. The molecular formula is C23H34O3Si. The summed E-state index contributed by atoms with van der Waals surface area (Å²) < 4.78 is 11.7. The number of carbonyl (C=O) groups excluding carboxylic acids is 1. The number of allylic oxidation sites excluding steroid dienone is 3. The average Bonchev–Trinajstić information content (AvgIpc) is 2.61. The number of rotatable bonds is 8. The van der Waals surface area contributed by atoms with Gasteiger partial charge in [-0.15, -0.1) is 0 Å². The van der Waals surface area contributed by atoms with Gasteiger partial charge < -0.3 is 9.16 Å². The fraction of sp³-hybridized carbons (Fsp3) is 0.435. The summed E-state index contributed by atoms with van der Waals surface area (Å²) in [4.78, 5) is 12.6. The van der Waals surface area contributed by atoms with Gasteiger partial charge in [-0.2, -0.15) is 0 Å². The van der Waals surface area contributed by atoms with Gasteiger partial charge in [0, 0.05) is 0 Å². The second kappa shape index (κ2) is 10.4. The molecule has 0 aromatic heterocycles. The van der Waals surface area contributed by atoms with Crippen LogP contribution in [-0.2, 0) is 14.0 Å². The lowest BCUT2D eigenvalue weighted by Gasteiger charge is -2.39. The van der Waals surface area contributed by atoms with E-state index in [9.17, 15) is 4.79 Å². The van der Waals surface area contributed by atoms with E-state index in [2.05, 4.69) is 33.9 Å². The van der Waals surface area contributed by atoms with Gasteiger partial charge in [0.05, 0.1) is 13.2 Å². The van der Waals surface area contributed by atoms with Crippen molar-refractivity contribution in [2.75, 3.05) is 7.11 Å². The molecule has 0 fully saturated rings. The molecule has 0 saturated carbocycles. The molecule has 0 spiro atoms. The minimum absolute atomic E-state index is 0.0451. The molecule has 4 heteroatoms. The Morgan fingerprint density at radius 1 is 1.07 bits per heavy atom. The highest BCUT2D eigenvalue weighted by atomic mass is 28.4. The van der Waals surface area contributed by atoms with Gasteiger partial charge in [0.1, 0.15) is 5.92 Å². The van der Waals surface area contributed by atoms with Crippen LogP contribution in [0.5, 0.6) is 0 Å². The maximum Gasteiger partial charge on any atom is 0.315 e. The van der Waals surface area contributed by atoms with Gasteiger partial charge in [0.15, 0.2) is 8.32 Å². The first kappa shape index (κ1) is 23.1. The standard InChI is InChI=1S/C23H34O3Si/c1-8-9-11-16-21(26-27(6,7)23(2,3)4)20(22(24)25-5)18-17-19-14-12-10-13-15-19/h8-18,20-21H,1-7H3/b9-8+,16-11+,18-17+/t20-,21+/m0/s1. The maximum absolute atomic E-state index is 12.6. The van der Waals surface area contributed by atoms with E-state index in [0.717, 1.165) is 5.56 Å². The second-order valence-corrected chi connectivity index (χ2v) is 12.8. The van der Waals surface area contributed by atoms with Gasteiger partial charge in [-0.1, -0.05) is 87.6 Å².